The van der Waals surface area contributed by atoms with Gasteiger partial charge in [0.2, 0.25) is 11.6 Å². The van der Waals surface area contributed by atoms with Crippen LogP contribution < -0.4 is 5.73 Å². The summed E-state index contributed by atoms with van der Waals surface area (Å²) in [7, 11) is 1.94. The zero-order chi connectivity index (χ0) is 23.9. The van der Waals surface area contributed by atoms with Crippen molar-refractivity contribution in [1.82, 2.24) is 9.97 Å². The van der Waals surface area contributed by atoms with Crippen LogP contribution >= 0.6 is 0 Å². The summed E-state index contributed by atoms with van der Waals surface area (Å²) in [5.74, 6) is -1.21. The number of primary amides is 1. The summed E-state index contributed by atoms with van der Waals surface area (Å²) in [6, 6.07) is 15.5. The van der Waals surface area contributed by atoms with E-state index in [2.05, 4.69) is 9.97 Å². The quantitative estimate of drug-likeness (QED) is 0.431. The smallest absolute Gasteiger partial charge is 0.347 e. The van der Waals surface area contributed by atoms with E-state index in [0.29, 0.717) is 23.4 Å². The minimum atomic E-state index is -1.88. The van der Waals surface area contributed by atoms with Crippen molar-refractivity contribution in [3.63, 3.8) is 0 Å². The maximum atomic E-state index is 13.4. The molecule has 8 nitrogen and oxygen atoms in total. The maximum Gasteiger partial charge on any atom is 0.347 e. The third-order valence-corrected chi connectivity index (χ3v) is 7.38. The number of nitrogens with zero attached hydrogens (tertiary/aromatic N) is 3. The van der Waals surface area contributed by atoms with Crippen molar-refractivity contribution < 1.29 is 23.9 Å². The monoisotopic (exact) mass is 459 g/mol. The second-order valence-electron chi connectivity index (χ2n) is 9.21. The van der Waals surface area contributed by atoms with Crippen LogP contribution in [0.1, 0.15) is 35.7 Å². The molecule has 2 aliphatic rings. The van der Waals surface area contributed by atoms with Gasteiger partial charge in [-0.15, -0.1) is 0 Å². The van der Waals surface area contributed by atoms with Crippen LogP contribution in [-0.2, 0) is 19.9 Å². The summed E-state index contributed by atoms with van der Waals surface area (Å²) >= 11 is 0. The maximum absolute atomic E-state index is 13.4. The molecule has 1 fully saturated rings. The molecule has 0 spiro atoms. The molecule has 0 saturated carbocycles. The van der Waals surface area contributed by atoms with Crippen LogP contribution in [0, 0.1) is 0 Å². The Morgan fingerprint density at radius 1 is 1.15 bits per heavy atom. The van der Waals surface area contributed by atoms with Crippen molar-refractivity contribution in [2.45, 2.75) is 30.5 Å². The minimum Gasteiger partial charge on any atom is -0.457 e. The average Bonchev–Trinajstić information content (AvgIpc) is 3.34. The number of amides is 1. The summed E-state index contributed by atoms with van der Waals surface area (Å²) in [5, 5.41) is 11.7. The third-order valence-electron chi connectivity index (χ3n) is 7.38. The molecular formula is C26H27N4O4+. The lowest BCUT2D eigenvalue weighted by Gasteiger charge is -2.41. The minimum absolute atomic E-state index is 0.0524. The second-order valence-corrected chi connectivity index (χ2v) is 9.21. The number of hydrogen-bond acceptors (Lipinski definition) is 6. The third kappa shape index (κ3) is 3.29. The Kier molecular flexibility index (Phi) is 5.42. The molecule has 1 aliphatic carbocycles. The number of carbonyl (C=O) groups is 2. The molecule has 1 saturated heterocycles. The number of likely N-dealkylation sites (N-methyl/N-ethyl adjacent to an activating group) is 1. The van der Waals surface area contributed by atoms with E-state index in [1.54, 1.807) is 36.5 Å². The molecule has 5 rings (SSSR count). The number of quaternary nitrogens is 1. The topological polar surface area (TPSA) is 115 Å². The molecule has 174 valence electrons. The van der Waals surface area contributed by atoms with E-state index in [-0.39, 0.29) is 17.1 Å². The van der Waals surface area contributed by atoms with E-state index < -0.39 is 23.5 Å². The Morgan fingerprint density at radius 2 is 1.79 bits per heavy atom. The predicted molar refractivity (Wildman–Crippen MR) is 124 cm³/mol. The molecule has 0 bridgehead atoms. The molecule has 2 unspecified atom stereocenters. The van der Waals surface area contributed by atoms with Gasteiger partial charge in [0.05, 0.1) is 13.6 Å². The standard InChI is InChI=1S/C26H26N4O4/c1-30(23(24(27)31)22-12-13-28-16-29-22)14-6-7-17(30)15-34-25(32)26(33)20-10-4-2-8-18(20)19-9-3-5-11-21(19)26/h2-5,8-13,16-17,23,33H,6-7,14-15H2,1H3,(H-,27,31)/p+1/t17-,23?,30?/m1/s1. The molecular weight excluding hydrogens is 432 g/mol. The Balaban J connectivity index is 1.42. The number of ether oxygens (including phenoxy) is 1. The fourth-order valence-electron chi connectivity index (χ4n) is 5.65. The first-order chi connectivity index (χ1) is 16.4. The van der Waals surface area contributed by atoms with E-state index in [1.165, 1.54) is 6.33 Å². The molecule has 1 aliphatic heterocycles. The normalized spacial score (nSPS) is 23.1. The Hall–Kier alpha value is -3.62. The van der Waals surface area contributed by atoms with Gasteiger partial charge in [0.15, 0.2) is 0 Å². The highest BCUT2D eigenvalue weighted by Crippen LogP contribution is 2.48. The summed E-state index contributed by atoms with van der Waals surface area (Å²) in [6.45, 7) is 0.743. The lowest BCUT2D eigenvalue weighted by Crippen LogP contribution is -2.56. The number of fused-ring (bicyclic) bond motifs is 3. The van der Waals surface area contributed by atoms with E-state index >= 15 is 0 Å². The SMILES string of the molecule is C[N+]1(C(C(N)=O)c2ccncn2)CCC[C@@H]1COC(=O)C1(O)c2ccccc2-c2ccccc21. The molecule has 0 radical (unpaired) electrons. The summed E-state index contributed by atoms with van der Waals surface area (Å²) < 4.78 is 6.08. The molecule has 3 aromatic rings. The van der Waals surface area contributed by atoms with Gasteiger partial charge in [-0.1, -0.05) is 48.5 Å². The van der Waals surface area contributed by atoms with Gasteiger partial charge >= 0.3 is 5.97 Å². The molecule has 34 heavy (non-hydrogen) atoms. The van der Waals surface area contributed by atoms with Crippen molar-refractivity contribution in [1.29, 1.82) is 0 Å². The zero-order valence-electron chi connectivity index (χ0n) is 18.9. The number of carbonyl (C=O) groups excluding carboxylic acids is 2. The van der Waals surface area contributed by atoms with Crippen LogP contribution in [0.2, 0.25) is 0 Å². The largest absolute Gasteiger partial charge is 0.457 e. The first-order valence-electron chi connectivity index (χ1n) is 11.4. The van der Waals surface area contributed by atoms with E-state index in [9.17, 15) is 14.7 Å². The fourth-order valence-corrected chi connectivity index (χ4v) is 5.65. The summed E-state index contributed by atoms with van der Waals surface area (Å²) in [5.41, 5.74) is 7.14. The molecule has 1 amide bonds. The van der Waals surface area contributed by atoms with Gasteiger partial charge in [0.1, 0.15) is 24.7 Å². The Bertz CT molecular complexity index is 1200. The first-order valence-corrected chi connectivity index (χ1v) is 11.4. The fraction of sp³-hybridized carbons (Fsp3) is 0.308. The van der Waals surface area contributed by atoms with E-state index in [1.807, 2.05) is 31.3 Å². The van der Waals surface area contributed by atoms with Gasteiger partial charge in [-0.05, 0) is 17.2 Å². The predicted octanol–water partition coefficient (Wildman–Crippen LogP) is 2.07. The Labute approximate surface area is 197 Å². The number of likely N-dealkylation sites (tertiary alicyclic amines) is 1. The highest BCUT2D eigenvalue weighted by molar-refractivity contribution is 5.96. The van der Waals surface area contributed by atoms with Gasteiger partial charge in [0.25, 0.3) is 5.91 Å². The number of benzene rings is 2. The Morgan fingerprint density at radius 3 is 2.38 bits per heavy atom. The van der Waals surface area contributed by atoms with Crippen LogP contribution in [0.4, 0.5) is 0 Å². The van der Waals surface area contributed by atoms with E-state index in [0.717, 1.165) is 24.0 Å². The van der Waals surface area contributed by atoms with Gasteiger partial charge < -0.3 is 20.1 Å². The lowest BCUT2D eigenvalue weighted by atomic mass is 9.91. The van der Waals surface area contributed by atoms with Crippen molar-refractivity contribution >= 4 is 11.9 Å². The molecule has 1 aromatic heterocycles. The number of esters is 1. The number of nitrogens with two attached hydrogens (primary N) is 1. The molecule has 2 heterocycles. The van der Waals surface area contributed by atoms with Crippen LogP contribution in [0.25, 0.3) is 11.1 Å². The highest BCUT2D eigenvalue weighted by atomic mass is 16.6. The average molecular weight is 460 g/mol. The molecule has 2 aromatic carbocycles. The first kappa shape index (κ1) is 22.2. The molecule has 3 atom stereocenters. The number of hydrogen-bond donors (Lipinski definition) is 2. The van der Waals surface area contributed by atoms with Crippen LogP contribution in [0.15, 0.2) is 67.1 Å². The number of aromatic nitrogens is 2. The number of rotatable bonds is 6. The van der Waals surface area contributed by atoms with Crippen molar-refractivity contribution in [2.75, 3.05) is 20.2 Å². The van der Waals surface area contributed by atoms with Gasteiger partial charge in [0, 0.05) is 30.2 Å². The van der Waals surface area contributed by atoms with Gasteiger partial charge in [-0.3, -0.25) is 4.79 Å². The van der Waals surface area contributed by atoms with Crippen LogP contribution in [-0.4, -0.2) is 57.7 Å². The second kappa shape index (κ2) is 8.30. The summed E-state index contributed by atoms with van der Waals surface area (Å²) in [6.07, 6.45) is 4.58. The van der Waals surface area contributed by atoms with Crippen molar-refractivity contribution in [3.8, 4) is 11.1 Å². The number of aliphatic hydroxyl groups is 1. The van der Waals surface area contributed by atoms with Crippen LogP contribution in [0.5, 0.6) is 0 Å². The van der Waals surface area contributed by atoms with E-state index in [4.69, 9.17) is 10.5 Å². The molecule has 3 N–H and O–H groups in total. The zero-order valence-corrected chi connectivity index (χ0v) is 18.9. The lowest BCUT2D eigenvalue weighted by molar-refractivity contribution is -0.941. The van der Waals surface area contributed by atoms with Crippen molar-refractivity contribution in [3.05, 3.63) is 83.9 Å². The highest BCUT2D eigenvalue weighted by Gasteiger charge is 2.52. The van der Waals surface area contributed by atoms with Gasteiger partial charge in [-0.2, -0.15) is 0 Å². The summed E-state index contributed by atoms with van der Waals surface area (Å²) in [4.78, 5) is 34.2. The van der Waals surface area contributed by atoms with Crippen molar-refractivity contribution in [2.24, 2.45) is 5.73 Å². The van der Waals surface area contributed by atoms with Gasteiger partial charge in [-0.25, -0.2) is 14.8 Å². The van der Waals surface area contributed by atoms with Crippen LogP contribution in [0.3, 0.4) is 0 Å². The molecule has 8 heteroatoms.